The Morgan fingerprint density at radius 1 is 1.04 bits per heavy atom. The highest BCUT2D eigenvalue weighted by molar-refractivity contribution is 7.13. The third kappa shape index (κ3) is 5.53. The van der Waals surface area contributed by atoms with Gasteiger partial charge in [0.1, 0.15) is 30.0 Å². The van der Waals surface area contributed by atoms with Crippen LogP contribution in [0.1, 0.15) is 71.7 Å². The number of carbonyl (C=O) groups is 4. The van der Waals surface area contributed by atoms with E-state index in [1.165, 1.54) is 10.7 Å². The van der Waals surface area contributed by atoms with Crippen LogP contribution < -0.4 is 14.8 Å². The van der Waals surface area contributed by atoms with Crippen molar-refractivity contribution in [3.63, 3.8) is 0 Å². The van der Waals surface area contributed by atoms with Crippen LogP contribution in [0.5, 0.6) is 11.5 Å². The van der Waals surface area contributed by atoms with E-state index in [2.05, 4.69) is 49.2 Å². The molecule has 1 unspecified atom stereocenters. The van der Waals surface area contributed by atoms with Crippen LogP contribution in [0.2, 0.25) is 0 Å². The topological polar surface area (TPSA) is 151 Å². The average Bonchev–Trinajstić information content (AvgIpc) is 3.82. The fourth-order valence-electron chi connectivity index (χ4n) is 6.22. The van der Waals surface area contributed by atoms with Crippen LogP contribution in [-0.4, -0.2) is 59.1 Å². The molecule has 3 aromatic heterocycles. The highest BCUT2D eigenvalue weighted by Gasteiger charge is 2.46. The Morgan fingerprint density at radius 3 is 2.73 bits per heavy atom. The fraction of sp³-hybridized carbons (Fsp3) is 0.229. The molecule has 0 bridgehead atoms. The third-order valence-corrected chi connectivity index (χ3v) is 9.76. The molecule has 1 N–H and O–H groups in total. The number of aromatic nitrogens is 5. The minimum Gasteiger partial charge on any atom is -0.484 e. The molecule has 2 aromatic carbocycles. The standard InChI is InChI=1S/C35H27N7O6S/c1-20-38-39-29-18-47-32-24(14-21-6-3-2-4-7-21)27(49-28(32)17-41(20)29)12-10-22-15-36-40(16-22)19-48-26-9-5-8-23-31(26)35(46)42(34(23)45)25-11-13-30(43)37-33(25)44/h2-9,15-16,25H,11,13-14,17-19H2,1H3,(H,37,43,44). The van der Waals surface area contributed by atoms with Crippen LogP contribution in [0.4, 0.5) is 0 Å². The molecule has 5 aromatic rings. The number of benzene rings is 2. The van der Waals surface area contributed by atoms with E-state index < -0.39 is 29.7 Å². The molecule has 1 saturated heterocycles. The van der Waals surface area contributed by atoms with E-state index in [4.69, 9.17) is 9.47 Å². The summed E-state index contributed by atoms with van der Waals surface area (Å²) in [6.45, 7) is 2.81. The lowest BCUT2D eigenvalue weighted by molar-refractivity contribution is -0.136. The van der Waals surface area contributed by atoms with Crippen LogP contribution in [0.3, 0.4) is 0 Å². The maximum atomic E-state index is 13.4. The quantitative estimate of drug-likeness (QED) is 0.212. The fourth-order valence-corrected chi connectivity index (χ4v) is 7.33. The van der Waals surface area contributed by atoms with E-state index in [-0.39, 0.29) is 36.4 Å². The zero-order valence-electron chi connectivity index (χ0n) is 26.1. The molecule has 0 radical (unpaired) electrons. The highest BCUT2D eigenvalue weighted by atomic mass is 32.1. The molecule has 4 amide bonds. The number of hydrogen-bond acceptors (Lipinski definition) is 10. The van der Waals surface area contributed by atoms with Gasteiger partial charge >= 0.3 is 0 Å². The molecule has 1 atom stereocenters. The summed E-state index contributed by atoms with van der Waals surface area (Å²) in [5.74, 6) is 6.87. The van der Waals surface area contributed by atoms with E-state index in [0.29, 0.717) is 25.1 Å². The first-order valence-corrected chi connectivity index (χ1v) is 16.4. The van der Waals surface area contributed by atoms with Crippen molar-refractivity contribution in [3.05, 3.63) is 110 Å². The Morgan fingerprint density at radius 2 is 1.90 bits per heavy atom. The van der Waals surface area contributed by atoms with Crippen molar-refractivity contribution >= 4 is 35.0 Å². The number of piperidine rings is 1. The molecule has 49 heavy (non-hydrogen) atoms. The molecule has 244 valence electrons. The molecule has 6 heterocycles. The third-order valence-electron chi connectivity index (χ3n) is 8.65. The molecule has 3 aliphatic rings. The first-order chi connectivity index (χ1) is 23.8. The van der Waals surface area contributed by atoms with Crippen LogP contribution >= 0.6 is 11.3 Å². The van der Waals surface area contributed by atoms with Gasteiger partial charge in [0, 0.05) is 24.6 Å². The van der Waals surface area contributed by atoms with Gasteiger partial charge in [-0.3, -0.25) is 29.4 Å². The number of aryl methyl sites for hydroxylation is 1. The highest BCUT2D eigenvalue weighted by Crippen LogP contribution is 2.40. The number of fused-ring (bicyclic) bond motifs is 3. The summed E-state index contributed by atoms with van der Waals surface area (Å²) in [5, 5.41) is 15.1. The average molecular weight is 674 g/mol. The summed E-state index contributed by atoms with van der Waals surface area (Å²) < 4.78 is 15.9. The largest absolute Gasteiger partial charge is 0.484 e. The van der Waals surface area contributed by atoms with Gasteiger partial charge in [-0.2, -0.15) is 5.10 Å². The van der Waals surface area contributed by atoms with E-state index >= 15 is 0 Å². The lowest BCUT2D eigenvalue weighted by Crippen LogP contribution is -2.54. The second kappa shape index (κ2) is 12.2. The molecule has 3 aliphatic heterocycles. The molecule has 0 saturated carbocycles. The Bertz CT molecular complexity index is 2240. The molecular formula is C35H27N7O6S. The van der Waals surface area contributed by atoms with Crippen molar-refractivity contribution in [1.82, 2.24) is 34.8 Å². The maximum Gasteiger partial charge on any atom is 0.266 e. The Balaban J connectivity index is 1.02. The molecule has 8 rings (SSSR count). The summed E-state index contributed by atoms with van der Waals surface area (Å²) in [6, 6.07) is 13.8. The predicted octanol–water partition coefficient (Wildman–Crippen LogP) is 3.21. The van der Waals surface area contributed by atoms with Crippen molar-refractivity contribution in [2.75, 3.05) is 0 Å². The minimum atomic E-state index is -1.06. The number of amides is 4. The van der Waals surface area contributed by atoms with E-state index in [9.17, 15) is 19.2 Å². The van der Waals surface area contributed by atoms with Gasteiger partial charge in [-0.15, -0.1) is 21.5 Å². The smallest absolute Gasteiger partial charge is 0.266 e. The SMILES string of the molecule is Cc1nnc2n1Cc1sc(C#Cc3cnn(COc4cccc5c4C(=O)N(C4CCC(=O)NC4=O)C5=O)c3)c(Cc3ccccc3)c1OC2. The summed E-state index contributed by atoms with van der Waals surface area (Å²) in [4.78, 5) is 53.5. The van der Waals surface area contributed by atoms with E-state index in [1.807, 2.05) is 25.1 Å². The monoisotopic (exact) mass is 673 g/mol. The predicted molar refractivity (Wildman–Crippen MR) is 174 cm³/mol. The molecule has 0 spiro atoms. The summed E-state index contributed by atoms with van der Waals surface area (Å²) in [5.41, 5.74) is 3.04. The first-order valence-electron chi connectivity index (χ1n) is 15.6. The van der Waals surface area contributed by atoms with Crippen LogP contribution in [0, 0.1) is 18.8 Å². The van der Waals surface area contributed by atoms with Gasteiger partial charge < -0.3 is 14.0 Å². The molecule has 0 aliphatic carbocycles. The van der Waals surface area contributed by atoms with Crippen molar-refractivity contribution in [1.29, 1.82) is 0 Å². The lowest BCUT2D eigenvalue weighted by atomic mass is 10.0. The summed E-state index contributed by atoms with van der Waals surface area (Å²) >= 11 is 1.59. The number of imide groups is 2. The van der Waals surface area contributed by atoms with Gasteiger partial charge in [-0.1, -0.05) is 48.2 Å². The zero-order valence-corrected chi connectivity index (χ0v) is 27.0. The van der Waals surface area contributed by atoms with Crippen molar-refractivity contribution < 1.29 is 28.7 Å². The number of nitrogens with zero attached hydrogens (tertiary/aromatic N) is 6. The minimum absolute atomic E-state index is 0.0401. The number of ether oxygens (including phenoxy) is 2. The Hall–Kier alpha value is -6.07. The van der Waals surface area contributed by atoms with Crippen molar-refractivity contribution in [2.45, 2.75) is 52.1 Å². The normalized spacial score (nSPS) is 16.6. The Labute approximate surface area is 283 Å². The number of rotatable bonds is 6. The number of thiophene rings is 1. The van der Waals surface area contributed by atoms with Gasteiger partial charge in [-0.25, -0.2) is 4.68 Å². The van der Waals surface area contributed by atoms with Gasteiger partial charge in [0.25, 0.3) is 11.8 Å². The van der Waals surface area contributed by atoms with Gasteiger partial charge in [0.05, 0.1) is 39.2 Å². The lowest BCUT2D eigenvalue weighted by Gasteiger charge is -2.27. The van der Waals surface area contributed by atoms with Crippen LogP contribution in [-0.2, 0) is 35.9 Å². The maximum absolute atomic E-state index is 13.4. The molecular weight excluding hydrogens is 646 g/mol. The first kappa shape index (κ1) is 30.3. The van der Waals surface area contributed by atoms with Gasteiger partial charge in [0.2, 0.25) is 11.8 Å². The molecule has 1 fully saturated rings. The number of nitrogens with one attached hydrogen (secondary N) is 1. The second-order valence-electron chi connectivity index (χ2n) is 11.8. The van der Waals surface area contributed by atoms with Crippen molar-refractivity contribution in [2.24, 2.45) is 0 Å². The number of carbonyl (C=O) groups excluding carboxylic acids is 4. The van der Waals surface area contributed by atoms with Crippen molar-refractivity contribution in [3.8, 4) is 23.3 Å². The molecule has 13 nitrogen and oxygen atoms in total. The van der Waals surface area contributed by atoms with E-state index in [1.54, 1.807) is 35.9 Å². The summed E-state index contributed by atoms with van der Waals surface area (Å²) in [7, 11) is 0. The van der Waals surface area contributed by atoms with Gasteiger partial charge in [-0.05, 0) is 31.0 Å². The van der Waals surface area contributed by atoms with Gasteiger partial charge in [0.15, 0.2) is 12.6 Å². The zero-order chi connectivity index (χ0) is 33.6. The second-order valence-corrected chi connectivity index (χ2v) is 12.9. The van der Waals surface area contributed by atoms with E-state index in [0.717, 1.165) is 43.2 Å². The van der Waals surface area contributed by atoms with Crippen LogP contribution in [0.25, 0.3) is 0 Å². The summed E-state index contributed by atoms with van der Waals surface area (Å²) in [6.07, 6.45) is 4.13. The van der Waals surface area contributed by atoms with Crippen LogP contribution in [0.15, 0.2) is 60.9 Å². The molecule has 14 heteroatoms. The number of hydrogen-bond donors (Lipinski definition) is 1. The Kier molecular flexibility index (Phi) is 7.53.